The zero-order chi connectivity index (χ0) is 18.0. The summed E-state index contributed by atoms with van der Waals surface area (Å²) in [6.45, 7) is 5.31. The molecule has 0 radical (unpaired) electrons. The molecule has 3 aromatic heterocycles. The number of carbonyl (C=O) groups excluding carboxylic acids is 1. The predicted octanol–water partition coefficient (Wildman–Crippen LogP) is 4.64. The molecular formula is C19H20BrN3OS. The molecule has 0 saturated heterocycles. The van der Waals surface area contributed by atoms with Gasteiger partial charge in [0.25, 0.3) is 5.91 Å². The Kier molecular flexibility index (Phi) is 5.39. The summed E-state index contributed by atoms with van der Waals surface area (Å²) < 4.78 is 3.22. The predicted molar refractivity (Wildman–Crippen MR) is 105 cm³/mol. The van der Waals surface area contributed by atoms with Crippen LogP contribution in [0, 0.1) is 13.8 Å². The summed E-state index contributed by atoms with van der Waals surface area (Å²) in [6.07, 6.45) is 1.79. The maximum absolute atomic E-state index is 12.9. The number of nitrogens with zero attached hydrogens (tertiary/aromatic N) is 3. The fourth-order valence-corrected chi connectivity index (χ4v) is 4.40. The standard InChI is InChI=1S/C19H20BrN3OS/c1-13-10-17(14(2)23(13)11-15-6-4-5-9-21-15)19(24)22(3)12-16-7-8-18(20)25-16/h4-10H,11-12H2,1-3H3. The normalized spacial score (nSPS) is 10.9. The van der Waals surface area contributed by atoms with Crippen LogP contribution in [0.25, 0.3) is 0 Å². The molecule has 130 valence electrons. The number of aryl methyl sites for hydroxylation is 1. The van der Waals surface area contributed by atoms with Gasteiger partial charge in [0, 0.05) is 29.5 Å². The van der Waals surface area contributed by atoms with Gasteiger partial charge in [-0.05, 0) is 60.1 Å². The van der Waals surface area contributed by atoms with E-state index < -0.39 is 0 Å². The minimum Gasteiger partial charge on any atom is -0.342 e. The van der Waals surface area contributed by atoms with Crippen molar-refractivity contribution < 1.29 is 4.79 Å². The lowest BCUT2D eigenvalue weighted by molar-refractivity contribution is 0.0785. The molecule has 0 N–H and O–H groups in total. The van der Waals surface area contributed by atoms with Crippen molar-refractivity contribution in [1.29, 1.82) is 0 Å². The number of hydrogen-bond donors (Lipinski definition) is 0. The van der Waals surface area contributed by atoms with Gasteiger partial charge >= 0.3 is 0 Å². The number of pyridine rings is 1. The van der Waals surface area contributed by atoms with E-state index in [1.54, 1.807) is 22.4 Å². The van der Waals surface area contributed by atoms with Gasteiger partial charge in [-0.3, -0.25) is 9.78 Å². The molecule has 0 aliphatic rings. The second-order valence-electron chi connectivity index (χ2n) is 6.06. The average molecular weight is 418 g/mol. The van der Waals surface area contributed by atoms with Crippen LogP contribution in [0.15, 0.2) is 46.4 Å². The molecule has 3 aromatic rings. The summed E-state index contributed by atoms with van der Waals surface area (Å²) in [7, 11) is 1.85. The van der Waals surface area contributed by atoms with Crippen molar-refractivity contribution in [3.05, 3.63) is 73.9 Å². The van der Waals surface area contributed by atoms with Gasteiger partial charge in [0.15, 0.2) is 0 Å². The topological polar surface area (TPSA) is 38.1 Å². The molecule has 0 aromatic carbocycles. The van der Waals surface area contributed by atoms with E-state index in [4.69, 9.17) is 0 Å². The molecule has 3 heterocycles. The Bertz CT molecular complexity index is 885. The molecule has 1 amide bonds. The summed E-state index contributed by atoms with van der Waals surface area (Å²) in [5.74, 6) is 0.0462. The van der Waals surface area contributed by atoms with Gasteiger partial charge in [0.05, 0.1) is 28.1 Å². The zero-order valence-corrected chi connectivity index (χ0v) is 16.9. The first-order valence-corrected chi connectivity index (χ1v) is 9.63. The monoisotopic (exact) mass is 417 g/mol. The largest absolute Gasteiger partial charge is 0.342 e. The van der Waals surface area contributed by atoms with E-state index in [-0.39, 0.29) is 5.91 Å². The van der Waals surface area contributed by atoms with Crippen molar-refractivity contribution in [3.8, 4) is 0 Å². The Balaban J connectivity index is 1.80. The summed E-state index contributed by atoms with van der Waals surface area (Å²) >= 11 is 5.12. The molecule has 25 heavy (non-hydrogen) atoms. The Morgan fingerprint density at radius 2 is 2.08 bits per heavy atom. The van der Waals surface area contributed by atoms with E-state index in [0.717, 1.165) is 31.3 Å². The lowest BCUT2D eigenvalue weighted by atomic mass is 10.2. The third kappa shape index (κ3) is 4.02. The molecule has 0 fully saturated rings. The summed E-state index contributed by atoms with van der Waals surface area (Å²) in [4.78, 5) is 20.2. The molecule has 6 heteroatoms. The highest BCUT2D eigenvalue weighted by molar-refractivity contribution is 9.11. The molecule has 0 bridgehead atoms. The lowest BCUT2D eigenvalue weighted by Crippen LogP contribution is -2.26. The van der Waals surface area contributed by atoms with E-state index in [1.165, 1.54) is 0 Å². The minimum absolute atomic E-state index is 0.0462. The zero-order valence-electron chi connectivity index (χ0n) is 14.5. The lowest BCUT2D eigenvalue weighted by Gasteiger charge is -2.16. The van der Waals surface area contributed by atoms with Crippen molar-refractivity contribution in [2.24, 2.45) is 0 Å². The quantitative estimate of drug-likeness (QED) is 0.605. The van der Waals surface area contributed by atoms with Crippen molar-refractivity contribution >= 4 is 33.2 Å². The van der Waals surface area contributed by atoms with Crippen molar-refractivity contribution in [2.45, 2.75) is 26.9 Å². The second kappa shape index (κ2) is 7.54. The summed E-state index contributed by atoms with van der Waals surface area (Å²) in [5.41, 5.74) is 3.79. The molecule has 0 saturated carbocycles. The van der Waals surface area contributed by atoms with Gasteiger partial charge in [-0.15, -0.1) is 11.3 Å². The number of halogens is 1. The number of hydrogen-bond acceptors (Lipinski definition) is 3. The Labute approximate surface area is 160 Å². The van der Waals surface area contributed by atoms with Gasteiger partial charge in [-0.1, -0.05) is 6.07 Å². The van der Waals surface area contributed by atoms with Gasteiger partial charge < -0.3 is 9.47 Å². The first-order chi connectivity index (χ1) is 12.0. The Morgan fingerprint density at radius 1 is 1.28 bits per heavy atom. The van der Waals surface area contributed by atoms with Crippen LogP contribution in [0.4, 0.5) is 0 Å². The van der Waals surface area contributed by atoms with Crippen LogP contribution in [0.1, 0.15) is 32.3 Å². The van der Waals surface area contributed by atoms with Crippen molar-refractivity contribution in [3.63, 3.8) is 0 Å². The van der Waals surface area contributed by atoms with Gasteiger partial charge in [-0.2, -0.15) is 0 Å². The second-order valence-corrected chi connectivity index (χ2v) is 8.61. The van der Waals surface area contributed by atoms with E-state index in [9.17, 15) is 4.79 Å². The number of thiophene rings is 1. The molecule has 4 nitrogen and oxygen atoms in total. The van der Waals surface area contributed by atoms with Crippen LogP contribution in [0.5, 0.6) is 0 Å². The highest BCUT2D eigenvalue weighted by Gasteiger charge is 2.19. The first-order valence-electron chi connectivity index (χ1n) is 8.02. The van der Waals surface area contributed by atoms with Crippen LogP contribution in [-0.4, -0.2) is 27.4 Å². The van der Waals surface area contributed by atoms with Gasteiger partial charge in [0.1, 0.15) is 0 Å². The first kappa shape index (κ1) is 17.9. The molecule has 0 unspecified atom stereocenters. The fourth-order valence-electron chi connectivity index (χ4n) is 2.86. The van der Waals surface area contributed by atoms with Gasteiger partial charge in [-0.25, -0.2) is 0 Å². The molecular weight excluding hydrogens is 398 g/mol. The third-order valence-corrected chi connectivity index (χ3v) is 5.83. The van der Waals surface area contributed by atoms with Crippen molar-refractivity contribution in [1.82, 2.24) is 14.5 Å². The van der Waals surface area contributed by atoms with Crippen molar-refractivity contribution in [2.75, 3.05) is 7.05 Å². The number of rotatable bonds is 5. The molecule has 0 atom stereocenters. The summed E-state index contributed by atoms with van der Waals surface area (Å²) in [6, 6.07) is 11.9. The molecule has 3 rings (SSSR count). The third-order valence-electron chi connectivity index (χ3n) is 4.22. The maximum Gasteiger partial charge on any atom is 0.255 e. The maximum atomic E-state index is 12.9. The van der Waals surface area contributed by atoms with Crippen LogP contribution in [0.2, 0.25) is 0 Å². The van der Waals surface area contributed by atoms with E-state index in [1.807, 2.05) is 57.3 Å². The number of amides is 1. The Morgan fingerprint density at radius 3 is 2.72 bits per heavy atom. The van der Waals surface area contributed by atoms with Crippen LogP contribution >= 0.6 is 27.3 Å². The molecule has 0 aliphatic heterocycles. The number of aromatic nitrogens is 2. The number of carbonyl (C=O) groups is 1. The van der Waals surface area contributed by atoms with Crippen LogP contribution in [0.3, 0.4) is 0 Å². The SMILES string of the molecule is Cc1cc(C(=O)N(C)Cc2ccc(Br)s2)c(C)n1Cc1ccccn1. The van der Waals surface area contributed by atoms with Gasteiger partial charge in [0.2, 0.25) is 0 Å². The summed E-state index contributed by atoms with van der Waals surface area (Å²) in [5, 5.41) is 0. The van der Waals surface area contributed by atoms with Crippen LogP contribution < -0.4 is 0 Å². The van der Waals surface area contributed by atoms with E-state index >= 15 is 0 Å². The highest BCUT2D eigenvalue weighted by atomic mass is 79.9. The fraction of sp³-hybridized carbons (Fsp3) is 0.263. The molecule has 0 spiro atoms. The van der Waals surface area contributed by atoms with E-state index in [2.05, 4.69) is 25.5 Å². The van der Waals surface area contributed by atoms with E-state index in [0.29, 0.717) is 13.1 Å². The smallest absolute Gasteiger partial charge is 0.255 e. The molecule has 0 aliphatic carbocycles. The highest BCUT2D eigenvalue weighted by Crippen LogP contribution is 2.24. The Hall–Kier alpha value is -1.92. The average Bonchev–Trinajstić information content (AvgIpc) is 3.13. The van der Waals surface area contributed by atoms with Crippen LogP contribution in [-0.2, 0) is 13.1 Å². The minimum atomic E-state index is 0.0462.